The Labute approximate surface area is 420 Å². The van der Waals surface area contributed by atoms with Crippen LogP contribution < -0.4 is 4.74 Å². The highest BCUT2D eigenvalue weighted by molar-refractivity contribution is 6.18. The van der Waals surface area contributed by atoms with Crippen molar-refractivity contribution in [1.29, 1.82) is 0 Å². The number of carbonyl (C=O) groups is 5. The smallest absolute Gasteiger partial charge is 0.340 e. The first kappa shape index (κ1) is 48.1. The summed E-state index contributed by atoms with van der Waals surface area (Å²) in [6.07, 6.45) is 7.21. The van der Waals surface area contributed by atoms with Crippen molar-refractivity contribution in [3.8, 4) is 11.5 Å². The summed E-state index contributed by atoms with van der Waals surface area (Å²) in [6.45, 7) is 15.0. The van der Waals surface area contributed by atoms with E-state index in [2.05, 4.69) is 41.5 Å². The fourth-order valence-corrected chi connectivity index (χ4v) is 14.7. The highest BCUT2D eigenvalue weighted by Gasteiger charge is 2.69. The number of benzene rings is 3. The maximum Gasteiger partial charge on any atom is 0.340 e. The van der Waals surface area contributed by atoms with Gasteiger partial charge in [-0.3, -0.25) is 19.2 Å². The van der Waals surface area contributed by atoms with Crippen LogP contribution in [-0.2, 0) is 64.4 Å². The van der Waals surface area contributed by atoms with Gasteiger partial charge in [0.25, 0.3) is 0 Å². The van der Waals surface area contributed by atoms with Crippen LogP contribution in [0.3, 0.4) is 0 Å². The molecule has 0 N–H and O–H groups in total. The first-order valence-corrected chi connectivity index (χ1v) is 26.3. The number of hydrogen-bond acceptors (Lipinski definition) is 13. The molecule has 380 valence electrons. The molecular formula is C59H66O13. The Morgan fingerprint density at radius 2 is 1.17 bits per heavy atom. The number of fused-ring (bicyclic) bond motifs is 6. The van der Waals surface area contributed by atoms with Gasteiger partial charge in [-0.05, 0) is 123 Å². The van der Waals surface area contributed by atoms with Gasteiger partial charge in [-0.15, -0.1) is 0 Å². The van der Waals surface area contributed by atoms with Crippen molar-refractivity contribution in [1.82, 2.24) is 0 Å². The van der Waals surface area contributed by atoms with E-state index in [-0.39, 0.29) is 78.5 Å². The first-order chi connectivity index (χ1) is 34.4. The lowest BCUT2D eigenvalue weighted by atomic mass is 9.43. The second-order valence-electron chi connectivity index (χ2n) is 23.7. The SMILES string of the molecule is CC1(C)[C@@H]2CC3OC(c4ccc5c(c4)Oc4cc(C6OC7C[C@@H]8C[C@@H](C8(C)C)[C@]7(C)O6)ccc4C54OC(=O)c5cc(CC(=O)CCOCCOCCCC(=O)CCC6C(=O)C=CC6=O)ccc54)O[C@@]3(C)[C@H]1C2. The van der Waals surface area contributed by atoms with Crippen LogP contribution in [0.1, 0.15) is 156 Å². The summed E-state index contributed by atoms with van der Waals surface area (Å²) in [4.78, 5) is 63.2. The summed E-state index contributed by atoms with van der Waals surface area (Å²) < 4.78 is 52.2. The van der Waals surface area contributed by atoms with Crippen LogP contribution in [0.2, 0.25) is 0 Å². The molecule has 4 unspecified atom stereocenters. The lowest BCUT2D eigenvalue weighted by Gasteiger charge is -2.63. The van der Waals surface area contributed by atoms with Gasteiger partial charge < -0.3 is 37.9 Å². The molecule has 3 aromatic rings. The molecule has 14 rings (SSSR count). The number of Topliss-reactive ketones (excluding diaryl/α,β-unsaturated/α-hetero) is 2. The molecule has 7 aliphatic carbocycles. The van der Waals surface area contributed by atoms with Crippen LogP contribution in [0.4, 0.5) is 0 Å². The molecule has 13 nitrogen and oxygen atoms in total. The van der Waals surface area contributed by atoms with E-state index in [9.17, 15) is 24.0 Å². The van der Waals surface area contributed by atoms with Crippen LogP contribution in [-0.4, -0.2) is 78.9 Å². The molecule has 72 heavy (non-hydrogen) atoms. The number of ether oxygens (including phenoxy) is 8. The third kappa shape index (κ3) is 7.48. The summed E-state index contributed by atoms with van der Waals surface area (Å²) in [5.41, 5.74) is 3.03. The molecule has 4 bridgehead atoms. The second kappa shape index (κ2) is 17.3. The van der Waals surface area contributed by atoms with E-state index in [1.54, 1.807) is 6.07 Å². The van der Waals surface area contributed by atoms with Crippen molar-refractivity contribution in [3.05, 3.63) is 106 Å². The number of hydrogen-bond donors (Lipinski definition) is 0. The average Bonchev–Trinajstić information content (AvgIpc) is 4.08. The van der Waals surface area contributed by atoms with Gasteiger partial charge in [0.2, 0.25) is 0 Å². The van der Waals surface area contributed by atoms with Crippen LogP contribution in [0.25, 0.3) is 0 Å². The molecule has 0 radical (unpaired) electrons. The molecule has 13 heteroatoms. The van der Waals surface area contributed by atoms with Crippen LogP contribution in [0.5, 0.6) is 11.5 Å². The largest absolute Gasteiger partial charge is 0.456 e. The second-order valence-corrected chi connectivity index (χ2v) is 23.7. The minimum Gasteiger partial charge on any atom is -0.456 e. The highest BCUT2D eigenvalue weighted by Crippen LogP contribution is 2.69. The molecule has 6 saturated carbocycles. The lowest BCUT2D eigenvalue weighted by molar-refractivity contribution is -0.209. The number of ketones is 4. The first-order valence-electron chi connectivity index (χ1n) is 26.3. The van der Waals surface area contributed by atoms with E-state index in [4.69, 9.17) is 37.9 Å². The van der Waals surface area contributed by atoms with Crippen molar-refractivity contribution in [2.24, 2.45) is 40.4 Å². The molecule has 2 saturated heterocycles. The van der Waals surface area contributed by atoms with E-state index in [0.717, 1.165) is 36.8 Å². The minimum atomic E-state index is -1.35. The van der Waals surface area contributed by atoms with E-state index >= 15 is 0 Å². The standard InChI is InChI=1S/C59H66O13/c1-55(2)35-28-48(55)57(5)50(30-35)68-53(71-57)33-10-15-42-46(26-33)67-47-27-34(54-69-51-31-36-29-49(56(36,3)4)58(51,6)72-54)11-16-43(47)59(42)41-14-9-32(25-40(41)52(64)70-59)24-38(61)19-21-66-23-22-65-20-7-8-37(60)12-13-39-44(62)17-18-45(39)63/h9-11,14-18,25-27,35-36,39,48-51,53-54H,7-8,12-13,19-24,28-31H2,1-6H3/t35-,36-,48-,49-,50?,51?,53?,54?,57-,58-,59?/m0/s1. The maximum atomic E-state index is 14.3. The molecule has 3 aromatic carbocycles. The minimum absolute atomic E-state index is 0.00130. The molecule has 0 aromatic heterocycles. The van der Waals surface area contributed by atoms with E-state index in [0.29, 0.717) is 95.7 Å². The van der Waals surface area contributed by atoms with Crippen molar-refractivity contribution in [2.75, 3.05) is 26.4 Å². The fourth-order valence-electron chi connectivity index (χ4n) is 14.7. The van der Waals surface area contributed by atoms with Crippen LogP contribution in [0, 0.1) is 40.4 Å². The van der Waals surface area contributed by atoms with Gasteiger partial charge in [0.1, 0.15) is 23.1 Å². The van der Waals surface area contributed by atoms with Gasteiger partial charge in [0, 0.05) is 60.1 Å². The molecule has 8 fully saturated rings. The number of esters is 1. The Kier molecular flexibility index (Phi) is 11.6. The molecule has 4 aliphatic heterocycles. The van der Waals surface area contributed by atoms with Gasteiger partial charge >= 0.3 is 5.97 Å². The Morgan fingerprint density at radius 3 is 1.74 bits per heavy atom. The van der Waals surface area contributed by atoms with Gasteiger partial charge in [-0.2, -0.15) is 0 Å². The quantitative estimate of drug-likeness (QED) is 0.0716. The summed E-state index contributed by atoms with van der Waals surface area (Å²) in [5, 5.41) is 0. The van der Waals surface area contributed by atoms with Gasteiger partial charge in [-0.1, -0.05) is 64.1 Å². The summed E-state index contributed by atoms with van der Waals surface area (Å²) in [7, 11) is 0. The van der Waals surface area contributed by atoms with Crippen LogP contribution >= 0.6 is 0 Å². The Hall–Kier alpha value is -4.89. The number of allylic oxidation sites excluding steroid dienone is 2. The normalized spacial score (nSPS) is 34.6. The molecule has 11 aliphatic rings. The van der Waals surface area contributed by atoms with E-state index in [1.165, 1.54) is 12.2 Å². The Morgan fingerprint density at radius 1 is 0.611 bits per heavy atom. The fraction of sp³-hybridized carbons (Fsp3) is 0.576. The average molecular weight is 983 g/mol. The molecule has 4 heterocycles. The molecule has 1 spiro atoms. The van der Waals surface area contributed by atoms with Gasteiger partial charge in [-0.25, -0.2) is 4.79 Å². The summed E-state index contributed by atoms with van der Waals surface area (Å²) in [6, 6.07) is 17.5. The van der Waals surface area contributed by atoms with Crippen molar-refractivity contribution in [2.45, 2.75) is 147 Å². The van der Waals surface area contributed by atoms with Crippen LogP contribution in [0.15, 0.2) is 66.7 Å². The van der Waals surface area contributed by atoms with E-state index in [1.807, 2.05) is 48.5 Å². The Balaban J connectivity index is 0.729. The predicted molar refractivity (Wildman–Crippen MR) is 260 cm³/mol. The van der Waals surface area contributed by atoms with E-state index < -0.39 is 41.3 Å². The number of rotatable bonds is 17. The third-order valence-corrected chi connectivity index (χ3v) is 19.2. The maximum absolute atomic E-state index is 14.3. The monoisotopic (exact) mass is 982 g/mol. The molecule has 0 amide bonds. The van der Waals surface area contributed by atoms with Crippen molar-refractivity contribution >= 4 is 29.1 Å². The predicted octanol–water partition coefficient (Wildman–Crippen LogP) is 9.72. The highest BCUT2D eigenvalue weighted by atomic mass is 16.7. The number of carbonyl (C=O) groups excluding carboxylic acids is 5. The molecular weight excluding hydrogens is 917 g/mol. The van der Waals surface area contributed by atoms with Crippen molar-refractivity contribution < 1.29 is 61.9 Å². The molecule has 10 atom stereocenters. The van der Waals surface area contributed by atoms with Crippen molar-refractivity contribution in [3.63, 3.8) is 0 Å². The summed E-state index contributed by atoms with van der Waals surface area (Å²) in [5.74, 6) is 1.41. The zero-order chi connectivity index (χ0) is 50.1. The van der Waals surface area contributed by atoms with Gasteiger partial charge in [0.15, 0.2) is 29.7 Å². The third-order valence-electron chi connectivity index (χ3n) is 19.2. The summed E-state index contributed by atoms with van der Waals surface area (Å²) >= 11 is 0. The van der Waals surface area contributed by atoms with Gasteiger partial charge in [0.05, 0.1) is 54.7 Å². The zero-order valence-corrected chi connectivity index (χ0v) is 42.3. The Bertz CT molecular complexity index is 2680. The lowest BCUT2D eigenvalue weighted by Crippen LogP contribution is -2.65. The zero-order valence-electron chi connectivity index (χ0n) is 42.3. The topological polar surface area (TPSA) is 159 Å².